The van der Waals surface area contributed by atoms with Gasteiger partial charge in [-0.2, -0.15) is 0 Å². The average Bonchev–Trinajstić information content (AvgIpc) is 2.65. The van der Waals surface area contributed by atoms with Gasteiger partial charge in [0.2, 0.25) is 0 Å². The number of anilines is 1. The van der Waals surface area contributed by atoms with Gasteiger partial charge in [-0.25, -0.2) is 0 Å². The molecule has 2 heterocycles. The minimum atomic E-state index is 0.550. The molecule has 0 aliphatic carbocycles. The van der Waals surface area contributed by atoms with Crippen molar-refractivity contribution in [1.29, 1.82) is 0 Å². The molecule has 0 spiro atoms. The van der Waals surface area contributed by atoms with E-state index in [-0.39, 0.29) is 0 Å². The Balaban J connectivity index is 1.59. The van der Waals surface area contributed by atoms with Crippen LogP contribution in [-0.4, -0.2) is 42.7 Å². The summed E-state index contributed by atoms with van der Waals surface area (Å²) in [5.41, 5.74) is 3.85. The van der Waals surface area contributed by atoms with Crippen molar-refractivity contribution in [3.8, 4) is 5.75 Å². The van der Waals surface area contributed by atoms with Gasteiger partial charge in [0.1, 0.15) is 12.4 Å². The highest BCUT2D eigenvalue weighted by Gasteiger charge is 2.16. The topological polar surface area (TPSA) is 37.4 Å². The van der Waals surface area contributed by atoms with Crippen molar-refractivity contribution >= 4 is 5.69 Å². The van der Waals surface area contributed by atoms with E-state index in [1.54, 1.807) is 0 Å². The number of aromatic nitrogens is 1. The van der Waals surface area contributed by atoms with Crippen LogP contribution in [0.4, 0.5) is 5.69 Å². The highest BCUT2D eigenvalue weighted by atomic mass is 16.5. The lowest BCUT2D eigenvalue weighted by atomic mass is 10.0. The zero-order valence-electron chi connectivity index (χ0n) is 14.7. The lowest BCUT2D eigenvalue weighted by molar-refractivity contribution is 0.236. The van der Waals surface area contributed by atoms with Gasteiger partial charge in [0, 0.05) is 31.5 Å². The van der Waals surface area contributed by atoms with Gasteiger partial charge in [0.25, 0.3) is 0 Å². The minimum absolute atomic E-state index is 0.550. The Morgan fingerprint density at radius 3 is 2.83 bits per heavy atom. The van der Waals surface area contributed by atoms with E-state index in [9.17, 15) is 0 Å². The van der Waals surface area contributed by atoms with Crippen LogP contribution in [0.5, 0.6) is 5.75 Å². The Bertz CT molecular complexity index is 645. The van der Waals surface area contributed by atoms with Crippen LogP contribution >= 0.6 is 0 Å². The molecule has 1 aromatic carbocycles. The quantitative estimate of drug-likeness (QED) is 0.847. The zero-order chi connectivity index (χ0) is 16.8. The van der Waals surface area contributed by atoms with Gasteiger partial charge in [-0.3, -0.25) is 4.98 Å². The van der Waals surface area contributed by atoms with Crippen molar-refractivity contribution in [2.45, 2.75) is 32.2 Å². The summed E-state index contributed by atoms with van der Waals surface area (Å²) in [5.74, 6) is 0.976. The van der Waals surface area contributed by atoms with Crippen LogP contribution in [0.1, 0.15) is 24.5 Å². The number of nitrogens with one attached hydrogen (secondary N) is 1. The molecule has 0 saturated carbocycles. The first-order chi connectivity index (χ1) is 11.8. The van der Waals surface area contributed by atoms with E-state index in [1.165, 1.54) is 11.1 Å². The standard InChI is InChI=1S/C20H27N3O/c1-3-18(23(2)12-8-16-6-9-21-10-7-16)14-17-4-5-20-19(15-17)22-11-13-24-20/h4-7,9-10,15,18,22H,3,8,11-14H2,1-2H3. The highest BCUT2D eigenvalue weighted by Crippen LogP contribution is 2.29. The third-order valence-corrected chi connectivity index (χ3v) is 4.79. The summed E-state index contributed by atoms with van der Waals surface area (Å²) in [7, 11) is 2.23. The number of rotatable bonds is 7. The summed E-state index contributed by atoms with van der Waals surface area (Å²) < 4.78 is 5.67. The largest absolute Gasteiger partial charge is 0.490 e. The molecule has 3 rings (SSSR count). The number of likely N-dealkylation sites (N-methyl/N-ethyl adjacent to an activating group) is 1. The number of hydrogen-bond acceptors (Lipinski definition) is 4. The summed E-state index contributed by atoms with van der Waals surface area (Å²) >= 11 is 0. The molecule has 1 atom stereocenters. The van der Waals surface area contributed by atoms with E-state index >= 15 is 0 Å². The zero-order valence-corrected chi connectivity index (χ0v) is 14.7. The first-order valence-corrected chi connectivity index (χ1v) is 8.85. The lowest BCUT2D eigenvalue weighted by Crippen LogP contribution is -2.34. The van der Waals surface area contributed by atoms with Crippen molar-refractivity contribution in [1.82, 2.24) is 9.88 Å². The number of pyridine rings is 1. The van der Waals surface area contributed by atoms with Gasteiger partial charge >= 0.3 is 0 Å². The van der Waals surface area contributed by atoms with E-state index in [1.807, 2.05) is 12.4 Å². The fraction of sp³-hybridized carbons (Fsp3) is 0.450. The molecule has 0 saturated heterocycles. The third-order valence-electron chi connectivity index (χ3n) is 4.79. The molecule has 2 aromatic rings. The number of hydrogen-bond donors (Lipinski definition) is 1. The molecule has 0 fully saturated rings. The van der Waals surface area contributed by atoms with Crippen LogP contribution in [0, 0.1) is 0 Å². The summed E-state index contributed by atoms with van der Waals surface area (Å²) in [6.07, 6.45) is 7.02. The Morgan fingerprint density at radius 2 is 2.04 bits per heavy atom. The highest BCUT2D eigenvalue weighted by molar-refractivity contribution is 5.59. The fourth-order valence-corrected chi connectivity index (χ4v) is 3.24. The van der Waals surface area contributed by atoms with Crippen LogP contribution in [0.25, 0.3) is 0 Å². The summed E-state index contributed by atoms with van der Waals surface area (Å²) in [6.45, 7) is 4.98. The average molecular weight is 325 g/mol. The van der Waals surface area contributed by atoms with Crippen LogP contribution in [0.2, 0.25) is 0 Å². The first-order valence-electron chi connectivity index (χ1n) is 8.85. The molecule has 24 heavy (non-hydrogen) atoms. The maximum Gasteiger partial charge on any atom is 0.142 e. The van der Waals surface area contributed by atoms with Crippen molar-refractivity contribution in [2.75, 3.05) is 32.1 Å². The molecule has 1 aliphatic heterocycles. The maximum absolute atomic E-state index is 5.67. The number of nitrogens with zero attached hydrogens (tertiary/aromatic N) is 2. The van der Waals surface area contributed by atoms with Crippen molar-refractivity contribution < 1.29 is 4.74 Å². The molecule has 4 nitrogen and oxygen atoms in total. The van der Waals surface area contributed by atoms with Gasteiger partial charge in [0.05, 0.1) is 5.69 Å². The van der Waals surface area contributed by atoms with E-state index in [2.05, 4.69) is 59.5 Å². The smallest absolute Gasteiger partial charge is 0.142 e. The van der Waals surface area contributed by atoms with E-state index in [0.29, 0.717) is 6.04 Å². The molecule has 0 bridgehead atoms. The second-order valence-electron chi connectivity index (χ2n) is 6.46. The second-order valence-corrected chi connectivity index (χ2v) is 6.46. The molecule has 0 amide bonds. The molecule has 4 heteroatoms. The Kier molecular flexibility index (Phi) is 5.70. The number of ether oxygens (including phenoxy) is 1. The molecular weight excluding hydrogens is 298 g/mol. The van der Waals surface area contributed by atoms with Crippen LogP contribution in [0.3, 0.4) is 0 Å². The third kappa shape index (κ3) is 4.26. The summed E-state index contributed by atoms with van der Waals surface area (Å²) in [4.78, 5) is 6.56. The van der Waals surface area contributed by atoms with Crippen molar-refractivity contribution in [3.63, 3.8) is 0 Å². The predicted molar refractivity (Wildman–Crippen MR) is 98.8 cm³/mol. The Morgan fingerprint density at radius 1 is 1.21 bits per heavy atom. The van der Waals surface area contributed by atoms with Gasteiger partial charge in [-0.1, -0.05) is 13.0 Å². The maximum atomic E-state index is 5.67. The number of fused-ring (bicyclic) bond motifs is 1. The molecule has 1 unspecified atom stereocenters. The predicted octanol–water partition coefficient (Wildman–Crippen LogP) is 3.38. The Hall–Kier alpha value is -2.07. The van der Waals surface area contributed by atoms with Crippen molar-refractivity contribution in [2.24, 2.45) is 0 Å². The van der Waals surface area contributed by atoms with Crippen LogP contribution in [0.15, 0.2) is 42.7 Å². The molecule has 1 aromatic heterocycles. The van der Waals surface area contributed by atoms with E-state index < -0.39 is 0 Å². The second kappa shape index (κ2) is 8.15. The van der Waals surface area contributed by atoms with Crippen LogP contribution in [-0.2, 0) is 12.8 Å². The fourth-order valence-electron chi connectivity index (χ4n) is 3.24. The molecule has 0 radical (unpaired) electrons. The van der Waals surface area contributed by atoms with Crippen molar-refractivity contribution in [3.05, 3.63) is 53.9 Å². The Labute approximate surface area is 144 Å². The minimum Gasteiger partial charge on any atom is -0.490 e. The monoisotopic (exact) mass is 325 g/mol. The molecule has 1 N–H and O–H groups in total. The van der Waals surface area contributed by atoms with Crippen LogP contribution < -0.4 is 10.1 Å². The first kappa shape index (κ1) is 16.8. The molecule has 1 aliphatic rings. The van der Waals surface area contributed by atoms with E-state index in [4.69, 9.17) is 4.74 Å². The molecular formula is C20H27N3O. The van der Waals surface area contributed by atoms with Gasteiger partial charge in [0.15, 0.2) is 0 Å². The number of benzene rings is 1. The molecule has 128 valence electrons. The van der Waals surface area contributed by atoms with E-state index in [0.717, 1.165) is 50.4 Å². The SMILES string of the molecule is CCC(Cc1ccc2c(c1)NCCO2)N(C)CCc1ccncc1. The summed E-state index contributed by atoms with van der Waals surface area (Å²) in [6, 6.07) is 11.3. The van der Waals surface area contributed by atoms with Gasteiger partial charge in [-0.15, -0.1) is 0 Å². The summed E-state index contributed by atoms with van der Waals surface area (Å²) in [5, 5.41) is 3.43. The van der Waals surface area contributed by atoms with Gasteiger partial charge < -0.3 is 15.0 Å². The normalized spacial score (nSPS) is 14.6. The van der Waals surface area contributed by atoms with Gasteiger partial charge in [-0.05, 0) is 61.7 Å². The lowest BCUT2D eigenvalue weighted by Gasteiger charge is -2.28.